The monoisotopic (exact) mass is 366 g/mol. The van der Waals surface area contributed by atoms with E-state index in [4.69, 9.17) is 9.47 Å². The van der Waals surface area contributed by atoms with E-state index in [0.717, 1.165) is 11.8 Å². The van der Waals surface area contributed by atoms with Crippen LogP contribution in [0.4, 0.5) is 10.5 Å². The lowest BCUT2D eigenvalue weighted by Crippen LogP contribution is -2.36. The standard InChI is InChI=1S/C16H18N2O6S/c1-5-9(2)17-15(19)14(25-16(17)20)7-10-6-12(23-3)13(24-4)8-11(10)18(21)22/h6-9H,5H2,1-4H3/b14-7+/t9-/m0/s1. The highest BCUT2D eigenvalue weighted by molar-refractivity contribution is 8.18. The topological polar surface area (TPSA) is 99.0 Å². The zero-order chi connectivity index (χ0) is 18.7. The second-order valence-electron chi connectivity index (χ2n) is 5.33. The summed E-state index contributed by atoms with van der Waals surface area (Å²) in [5, 5.41) is 11.0. The van der Waals surface area contributed by atoms with E-state index in [2.05, 4.69) is 0 Å². The van der Waals surface area contributed by atoms with E-state index in [1.165, 1.54) is 37.3 Å². The van der Waals surface area contributed by atoms with Gasteiger partial charge in [-0.25, -0.2) is 0 Å². The molecule has 0 spiro atoms. The maximum absolute atomic E-state index is 12.5. The van der Waals surface area contributed by atoms with Gasteiger partial charge in [-0.15, -0.1) is 0 Å². The molecule has 25 heavy (non-hydrogen) atoms. The van der Waals surface area contributed by atoms with Crippen molar-refractivity contribution in [1.29, 1.82) is 0 Å². The second kappa shape index (κ2) is 7.56. The number of imide groups is 1. The first-order valence-electron chi connectivity index (χ1n) is 7.51. The van der Waals surface area contributed by atoms with Gasteiger partial charge in [-0.2, -0.15) is 0 Å². The van der Waals surface area contributed by atoms with Crippen molar-refractivity contribution < 1.29 is 24.0 Å². The van der Waals surface area contributed by atoms with Crippen LogP contribution in [0.5, 0.6) is 11.5 Å². The number of nitro groups is 1. The summed E-state index contributed by atoms with van der Waals surface area (Å²) in [6.45, 7) is 3.65. The van der Waals surface area contributed by atoms with Crippen LogP contribution in [0.2, 0.25) is 0 Å². The van der Waals surface area contributed by atoms with Gasteiger partial charge < -0.3 is 9.47 Å². The fourth-order valence-electron chi connectivity index (χ4n) is 2.34. The molecule has 0 saturated carbocycles. The van der Waals surface area contributed by atoms with Gasteiger partial charge in [0.15, 0.2) is 11.5 Å². The SMILES string of the molecule is CC[C@H](C)N1C(=O)S/C(=C/c2cc(OC)c(OC)cc2[N+](=O)[O-])C1=O. The molecule has 1 aromatic rings. The van der Waals surface area contributed by atoms with Gasteiger partial charge in [-0.3, -0.25) is 24.6 Å². The van der Waals surface area contributed by atoms with Crippen molar-refractivity contribution in [1.82, 2.24) is 4.90 Å². The lowest BCUT2D eigenvalue weighted by molar-refractivity contribution is -0.385. The van der Waals surface area contributed by atoms with Gasteiger partial charge in [0.05, 0.1) is 35.7 Å². The summed E-state index contributed by atoms with van der Waals surface area (Å²) >= 11 is 0.768. The van der Waals surface area contributed by atoms with Gasteiger partial charge in [0.2, 0.25) is 0 Å². The third kappa shape index (κ3) is 3.60. The number of rotatable bonds is 6. The molecule has 9 heteroatoms. The largest absolute Gasteiger partial charge is 0.493 e. The van der Waals surface area contributed by atoms with E-state index in [-0.39, 0.29) is 33.2 Å². The van der Waals surface area contributed by atoms with Crippen LogP contribution in [0.3, 0.4) is 0 Å². The quantitative estimate of drug-likeness (QED) is 0.432. The molecule has 0 aromatic heterocycles. The minimum Gasteiger partial charge on any atom is -0.493 e. The lowest BCUT2D eigenvalue weighted by atomic mass is 10.1. The number of methoxy groups -OCH3 is 2. The van der Waals surface area contributed by atoms with Gasteiger partial charge in [0, 0.05) is 6.04 Å². The van der Waals surface area contributed by atoms with E-state index < -0.39 is 10.8 Å². The number of thioether (sulfide) groups is 1. The molecule has 0 bridgehead atoms. The molecular weight excluding hydrogens is 348 g/mol. The summed E-state index contributed by atoms with van der Waals surface area (Å²) in [5.41, 5.74) is -0.0784. The lowest BCUT2D eigenvalue weighted by Gasteiger charge is -2.19. The predicted octanol–water partition coefficient (Wildman–Crippen LogP) is 3.45. The van der Waals surface area contributed by atoms with E-state index in [1.807, 2.05) is 6.92 Å². The molecule has 1 aromatic carbocycles. The summed E-state index contributed by atoms with van der Waals surface area (Å²) < 4.78 is 10.2. The highest BCUT2D eigenvalue weighted by atomic mass is 32.2. The molecule has 1 aliphatic rings. The van der Waals surface area contributed by atoms with E-state index in [0.29, 0.717) is 12.2 Å². The second-order valence-corrected chi connectivity index (χ2v) is 6.33. The summed E-state index contributed by atoms with van der Waals surface area (Å²) in [6, 6.07) is 2.40. The Kier molecular flexibility index (Phi) is 5.68. The summed E-state index contributed by atoms with van der Waals surface area (Å²) in [4.78, 5) is 36.6. The van der Waals surface area contributed by atoms with Crippen LogP contribution in [-0.2, 0) is 4.79 Å². The normalized spacial score (nSPS) is 17.1. The fraction of sp³-hybridized carbons (Fsp3) is 0.375. The molecule has 1 saturated heterocycles. The minimum absolute atomic E-state index is 0.139. The zero-order valence-corrected chi connectivity index (χ0v) is 15.1. The highest BCUT2D eigenvalue weighted by Crippen LogP contribution is 2.39. The Hall–Kier alpha value is -2.55. The van der Waals surface area contributed by atoms with Crippen molar-refractivity contribution in [3.63, 3.8) is 0 Å². The van der Waals surface area contributed by atoms with Crippen molar-refractivity contribution in [3.05, 3.63) is 32.7 Å². The van der Waals surface area contributed by atoms with Gasteiger partial charge >= 0.3 is 0 Å². The van der Waals surface area contributed by atoms with Crippen LogP contribution in [0.15, 0.2) is 17.0 Å². The molecule has 2 amide bonds. The number of amides is 2. The number of ether oxygens (including phenoxy) is 2. The highest BCUT2D eigenvalue weighted by Gasteiger charge is 2.38. The Morgan fingerprint density at radius 3 is 2.40 bits per heavy atom. The number of benzene rings is 1. The van der Waals surface area contributed by atoms with E-state index in [1.54, 1.807) is 6.92 Å². The predicted molar refractivity (Wildman–Crippen MR) is 93.8 cm³/mol. The number of carbonyl (C=O) groups is 2. The van der Waals surface area contributed by atoms with Crippen LogP contribution >= 0.6 is 11.8 Å². The van der Waals surface area contributed by atoms with Crippen LogP contribution < -0.4 is 9.47 Å². The first kappa shape index (κ1) is 18.8. The van der Waals surface area contributed by atoms with Crippen molar-refractivity contribution in [3.8, 4) is 11.5 Å². The molecule has 0 unspecified atom stereocenters. The Morgan fingerprint density at radius 1 is 1.28 bits per heavy atom. The van der Waals surface area contributed by atoms with Gasteiger partial charge in [0.1, 0.15) is 0 Å². The first-order chi connectivity index (χ1) is 11.8. The summed E-state index contributed by atoms with van der Waals surface area (Å²) in [6.07, 6.45) is 1.97. The molecule has 1 heterocycles. The fourth-order valence-corrected chi connectivity index (χ4v) is 3.26. The maximum Gasteiger partial charge on any atom is 0.293 e. The average molecular weight is 366 g/mol. The van der Waals surface area contributed by atoms with E-state index >= 15 is 0 Å². The van der Waals surface area contributed by atoms with Crippen molar-refractivity contribution in [2.45, 2.75) is 26.3 Å². The molecule has 1 atom stereocenters. The van der Waals surface area contributed by atoms with E-state index in [9.17, 15) is 19.7 Å². The average Bonchev–Trinajstić information content (AvgIpc) is 2.87. The molecule has 0 radical (unpaired) electrons. The number of hydrogen-bond donors (Lipinski definition) is 0. The Balaban J connectivity index is 2.52. The van der Waals surface area contributed by atoms with Crippen LogP contribution in [0.25, 0.3) is 6.08 Å². The van der Waals surface area contributed by atoms with Crippen molar-refractivity contribution in [2.75, 3.05) is 14.2 Å². The molecule has 0 aliphatic carbocycles. The Bertz CT molecular complexity index is 761. The number of carbonyl (C=O) groups excluding carboxylic acids is 2. The van der Waals surface area contributed by atoms with Gasteiger partial charge in [-0.1, -0.05) is 6.92 Å². The molecule has 2 rings (SSSR count). The third-order valence-corrected chi connectivity index (χ3v) is 4.75. The Morgan fingerprint density at radius 2 is 1.88 bits per heavy atom. The maximum atomic E-state index is 12.5. The number of nitrogens with zero attached hydrogens (tertiary/aromatic N) is 2. The zero-order valence-electron chi connectivity index (χ0n) is 14.3. The Labute approximate surface area is 148 Å². The van der Waals surface area contributed by atoms with Crippen LogP contribution in [-0.4, -0.2) is 41.2 Å². The van der Waals surface area contributed by atoms with Crippen molar-refractivity contribution in [2.24, 2.45) is 0 Å². The summed E-state index contributed by atoms with van der Waals surface area (Å²) in [5.74, 6) is 0.0491. The first-order valence-corrected chi connectivity index (χ1v) is 8.33. The molecule has 134 valence electrons. The molecule has 1 fully saturated rings. The number of nitro benzene ring substituents is 1. The van der Waals surface area contributed by atoms with Crippen LogP contribution in [0.1, 0.15) is 25.8 Å². The van der Waals surface area contributed by atoms with Gasteiger partial charge in [0.25, 0.3) is 16.8 Å². The number of hydrogen-bond acceptors (Lipinski definition) is 7. The molecular formula is C16H18N2O6S. The van der Waals surface area contributed by atoms with Crippen molar-refractivity contribution >= 4 is 34.7 Å². The minimum atomic E-state index is -0.577. The smallest absolute Gasteiger partial charge is 0.293 e. The molecule has 0 N–H and O–H groups in total. The molecule has 1 aliphatic heterocycles. The van der Waals surface area contributed by atoms with Crippen LogP contribution in [0, 0.1) is 10.1 Å². The molecule has 8 nitrogen and oxygen atoms in total. The van der Waals surface area contributed by atoms with Gasteiger partial charge in [-0.05, 0) is 37.2 Å². The summed E-state index contributed by atoms with van der Waals surface area (Å²) in [7, 11) is 2.78. The third-order valence-electron chi connectivity index (χ3n) is 3.87.